The molecule has 8 nitrogen and oxygen atoms in total. The minimum absolute atomic E-state index is 0.0816. The predicted octanol–water partition coefficient (Wildman–Crippen LogP) is 2.86. The number of hydrogen-bond donors (Lipinski definition) is 2. The number of rotatable bonds is 6. The summed E-state index contributed by atoms with van der Waals surface area (Å²) in [5.41, 5.74) is 1.04. The van der Waals surface area contributed by atoms with Crippen molar-refractivity contribution in [2.45, 2.75) is 60.4 Å². The van der Waals surface area contributed by atoms with Crippen LogP contribution in [0.15, 0.2) is 35.4 Å². The predicted molar refractivity (Wildman–Crippen MR) is 126 cm³/mol. The second-order valence-corrected chi connectivity index (χ2v) is 12.9. The average molecular weight is 563 g/mol. The molecule has 2 amide bonds. The molecule has 14 heteroatoms. The van der Waals surface area contributed by atoms with Crippen molar-refractivity contribution < 1.29 is 40.0 Å². The molecule has 1 aromatic carbocycles. The van der Waals surface area contributed by atoms with E-state index in [-0.39, 0.29) is 12.1 Å². The van der Waals surface area contributed by atoms with E-state index in [1.165, 1.54) is 17.3 Å². The third-order valence-electron chi connectivity index (χ3n) is 7.68. The number of nitrogens with zero attached hydrogens (tertiary/aromatic N) is 2. The normalized spacial score (nSPS) is 27.8. The smallest absolute Gasteiger partial charge is 0.351 e. The number of sulfone groups is 1. The van der Waals surface area contributed by atoms with Crippen LogP contribution >= 0.6 is 0 Å². The van der Waals surface area contributed by atoms with Gasteiger partial charge in [-0.2, -0.15) is 13.2 Å². The topological polar surface area (TPSA) is 98.8 Å². The number of likely N-dealkylation sites (tertiary alicyclic amines) is 1. The highest BCUT2D eigenvalue weighted by atomic mass is 32.2. The van der Waals surface area contributed by atoms with Gasteiger partial charge < -0.3 is 10.2 Å². The molecule has 0 aromatic heterocycles. The van der Waals surface area contributed by atoms with Crippen molar-refractivity contribution in [1.29, 1.82) is 0 Å². The van der Waals surface area contributed by atoms with Gasteiger partial charge in [0.25, 0.3) is 5.92 Å². The Bertz CT molecular complexity index is 1290. The first-order valence-electron chi connectivity index (χ1n) is 12.2. The van der Waals surface area contributed by atoms with E-state index in [9.17, 15) is 40.0 Å². The van der Waals surface area contributed by atoms with Crippen LogP contribution in [0.2, 0.25) is 0 Å². The largest absolute Gasteiger partial charge is 0.417 e. The summed E-state index contributed by atoms with van der Waals surface area (Å²) in [4.78, 5) is 26.1. The first kappa shape index (κ1) is 26.9. The summed E-state index contributed by atoms with van der Waals surface area (Å²) < 4.78 is 96.2. The fourth-order valence-corrected chi connectivity index (χ4v) is 7.29. The number of halogens is 5. The molecule has 0 radical (unpaired) electrons. The van der Waals surface area contributed by atoms with Crippen LogP contribution in [0.5, 0.6) is 0 Å². The molecule has 3 unspecified atom stereocenters. The van der Waals surface area contributed by atoms with Gasteiger partial charge >= 0.3 is 6.18 Å². The number of carbonyl (C=O) groups excluding carboxylic acids is 2. The van der Waals surface area contributed by atoms with E-state index in [0.29, 0.717) is 19.4 Å². The maximum Gasteiger partial charge on any atom is 0.417 e. The van der Waals surface area contributed by atoms with E-state index in [2.05, 4.69) is 10.7 Å². The fourth-order valence-electron chi connectivity index (χ4n) is 5.27. The molecular weight excluding hydrogens is 535 g/mol. The summed E-state index contributed by atoms with van der Waals surface area (Å²) in [5, 5.41) is 2.64. The summed E-state index contributed by atoms with van der Waals surface area (Å²) >= 11 is 0. The number of alkyl halides is 5. The van der Waals surface area contributed by atoms with Crippen LogP contribution in [0.25, 0.3) is 0 Å². The molecule has 1 saturated heterocycles. The Morgan fingerprint density at radius 2 is 1.76 bits per heavy atom. The van der Waals surface area contributed by atoms with Crippen LogP contribution in [0.3, 0.4) is 0 Å². The number of benzene rings is 1. The van der Waals surface area contributed by atoms with Crippen molar-refractivity contribution in [1.82, 2.24) is 15.6 Å². The Labute approximate surface area is 216 Å². The van der Waals surface area contributed by atoms with Crippen molar-refractivity contribution in [3.8, 4) is 0 Å². The van der Waals surface area contributed by atoms with Crippen molar-refractivity contribution in [2.75, 3.05) is 24.6 Å². The summed E-state index contributed by atoms with van der Waals surface area (Å²) in [6.45, 7) is 0.488. The van der Waals surface area contributed by atoms with E-state index < -0.39 is 86.3 Å². The lowest BCUT2D eigenvalue weighted by atomic mass is 9.92. The highest BCUT2D eigenvalue weighted by molar-refractivity contribution is 7.92. The van der Waals surface area contributed by atoms with Gasteiger partial charge in [-0.05, 0) is 50.8 Å². The first-order valence-corrected chi connectivity index (χ1v) is 13.8. The van der Waals surface area contributed by atoms with Gasteiger partial charge in [-0.25, -0.2) is 22.6 Å². The molecule has 5 rings (SSSR count). The van der Waals surface area contributed by atoms with Crippen LogP contribution in [0, 0.1) is 11.8 Å². The number of anilines is 1. The monoisotopic (exact) mass is 562 g/mol. The zero-order chi connectivity index (χ0) is 27.7. The maximum atomic E-state index is 14.0. The van der Waals surface area contributed by atoms with Crippen molar-refractivity contribution in [3.05, 3.63) is 36.0 Å². The summed E-state index contributed by atoms with van der Waals surface area (Å²) in [7, 11) is -4.67. The number of carbonyl (C=O) groups is 2. The Morgan fingerprint density at radius 1 is 1.11 bits per heavy atom. The van der Waals surface area contributed by atoms with Gasteiger partial charge in [-0.15, -0.1) is 0 Å². The zero-order valence-corrected chi connectivity index (χ0v) is 21.2. The zero-order valence-electron chi connectivity index (χ0n) is 20.4. The lowest BCUT2D eigenvalue weighted by Crippen LogP contribution is -2.60. The SMILES string of the molecule is CC1(NC(=O)C2CC(S(=O)(=O)c3ccc(N4C=CCN4)cc3C(F)(F)F)CC2C(=O)N2CC(F)(F)C2)CC1. The summed E-state index contributed by atoms with van der Waals surface area (Å²) in [6.07, 6.45) is -1.27. The van der Waals surface area contributed by atoms with E-state index in [1.807, 2.05) is 0 Å². The van der Waals surface area contributed by atoms with Crippen LogP contribution in [0.4, 0.5) is 27.6 Å². The molecular formula is C24H27F5N4O4S. The van der Waals surface area contributed by atoms with E-state index in [0.717, 1.165) is 17.0 Å². The highest BCUT2D eigenvalue weighted by Crippen LogP contribution is 2.45. The quantitative estimate of drug-likeness (QED) is 0.518. The maximum absolute atomic E-state index is 14.0. The van der Waals surface area contributed by atoms with Gasteiger partial charge in [0, 0.05) is 18.3 Å². The van der Waals surface area contributed by atoms with Gasteiger partial charge in [0.15, 0.2) is 9.84 Å². The summed E-state index contributed by atoms with van der Waals surface area (Å²) in [6, 6.07) is 2.85. The first-order chi connectivity index (χ1) is 17.6. The van der Waals surface area contributed by atoms with Crippen LogP contribution in [0.1, 0.15) is 38.2 Å². The van der Waals surface area contributed by atoms with Gasteiger partial charge in [0.1, 0.15) is 0 Å². The molecule has 208 valence electrons. The third kappa shape index (κ3) is 4.99. The van der Waals surface area contributed by atoms with Gasteiger partial charge in [-0.1, -0.05) is 6.08 Å². The molecule has 2 N–H and O–H groups in total. The molecule has 2 saturated carbocycles. The van der Waals surface area contributed by atoms with Crippen molar-refractivity contribution in [2.24, 2.45) is 11.8 Å². The number of hydrazine groups is 1. The summed E-state index contributed by atoms with van der Waals surface area (Å²) in [5.74, 6) is -6.84. The second kappa shape index (κ2) is 8.90. The average Bonchev–Trinajstić information content (AvgIpc) is 3.23. The lowest BCUT2D eigenvalue weighted by Gasteiger charge is -2.40. The Balaban J connectivity index is 1.46. The molecule has 2 aliphatic carbocycles. The molecule has 1 aromatic rings. The molecule has 2 aliphatic heterocycles. The molecule has 2 heterocycles. The van der Waals surface area contributed by atoms with Crippen LogP contribution in [-0.2, 0) is 25.6 Å². The highest BCUT2D eigenvalue weighted by Gasteiger charge is 2.55. The van der Waals surface area contributed by atoms with E-state index >= 15 is 0 Å². The van der Waals surface area contributed by atoms with Crippen LogP contribution < -0.4 is 15.8 Å². The number of nitrogens with one attached hydrogen (secondary N) is 2. The lowest BCUT2D eigenvalue weighted by molar-refractivity contribution is -0.171. The molecule has 4 aliphatic rings. The van der Waals surface area contributed by atoms with Crippen molar-refractivity contribution in [3.63, 3.8) is 0 Å². The molecule has 0 spiro atoms. The Kier molecular flexibility index (Phi) is 6.29. The molecule has 0 bridgehead atoms. The van der Waals surface area contributed by atoms with Crippen LogP contribution in [-0.4, -0.2) is 61.5 Å². The Morgan fingerprint density at radius 3 is 2.32 bits per heavy atom. The van der Waals surface area contributed by atoms with Gasteiger partial charge in [0.05, 0.1) is 46.3 Å². The van der Waals surface area contributed by atoms with Gasteiger partial charge in [0.2, 0.25) is 11.8 Å². The number of amides is 2. The van der Waals surface area contributed by atoms with E-state index in [4.69, 9.17) is 0 Å². The Hall–Kier alpha value is -2.74. The minimum atomic E-state index is -5.00. The fraction of sp³-hybridized carbons (Fsp3) is 0.583. The van der Waals surface area contributed by atoms with E-state index in [1.54, 1.807) is 13.0 Å². The molecule has 3 atom stereocenters. The third-order valence-corrected chi connectivity index (χ3v) is 9.91. The molecule has 38 heavy (non-hydrogen) atoms. The molecule has 3 fully saturated rings. The minimum Gasteiger partial charge on any atom is -0.351 e. The second-order valence-electron chi connectivity index (χ2n) is 10.7. The van der Waals surface area contributed by atoms with Gasteiger partial charge in [-0.3, -0.25) is 14.6 Å². The number of hydrogen-bond acceptors (Lipinski definition) is 6. The standard InChI is InChI=1S/C24H27F5N4O4S/c1-22(5-6-22)31-20(34)16-10-15(11-17(16)21(35)32-12-23(25,26)13-32)38(36,37)19-4-3-14(33-8-2-7-30-33)9-18(19)24(27,28)29/h2-4,8-9,15-17,30H,5-7,10-13H2,1H3,(H,31,34). The van der Waals surface area contributed by atoms with Crippen molar-refractivity contribution >= 4 is 27.3 Å².